The standard InChI is InChI=1S/C23H25FN4O4S/c1-17-15-19(7-8-20(17)24)23-25-21(32-26-23)9-10-22(29)27-11-13-28(14-12-27)33(30,31)16-18-5-3-2-4-6-18/h2-8,15H,9-14,16H2,1H3. The number of carbonyl (C=O) groups excluding carboxylic acids is 1. The first-order valence-corrected chi connectivity index (χ1v) is 12.3. The van der Waals surface area contributed by atoms with Gasteiger partial charge >= 0.3 is 0 Å². The van der Waals surface area contributed by atoms with Gasteiger partial charge in [-0.05, 0) is 36.2 Å². The second-order valence-corrected chi connectivity index (χ2v) is 9.97. The molecular formula is C23H25FN4O4S. The van der Waals surface area contributed by atoms with Gasteiger partial charge in [-0.2, -0.15) is 9.29 Å². The van der Waals surface area contributed by atoms with Gasteiger partial charge in [-0.25, -0.2) is 12.8 Å². The molecule has 0 spiro atoms. The van der Waals surface area contributed by atoms with Crippen LogP contribution in [0.1, 0.15) is 23.4 Å². The van der Waals surface area contributed by atoms with E-state index in [-0.39, 0.29) is 43.4 Å². The minimum absolute atomic E-state index is 0.0468. The van der Waals surface area contributed by atoms with Crippen molar-refractivity contribution in [2.24, 2.45) is 0 Å². The van der Waals surface area contributed by atoms with Crippen LogP contribution in [0.3, 0.4) is 0 Å². The van der Waals surface area contributed by atoms with Crippen LogP contribution in [0, 0.1) is 12.7 Å². The molecule has 2 heterocycles. The first-order chi connectivity index (χ1) is 15.8. The third-order valence-corrected chi connectivity index (χ3v) is 7.46. The molecule has 1 aromatic heterocycles. The summed E-state index contributed by atoms with van der Waals surface area (Å²) >= 11 is 0. The van der Waals surface area contributed by atoms with Crippen molar-refractivity contribution in [1.82, 2.24) is 19.3 Å². The zero-order valence-corrected chi connectivity index (χ0v) is 19.1. The third-order valence-electron chi connectivity index (χ3n) is 5.61. The molecule has 1 saturated heterocycles. The maximum absolute atomic E-state index is 13.5. The van der Waals surface area contributed by atoms with Gasteiger partial charge in [-0.1, -0.05) is 35.5 Å². The van der Waals surface area contributed by atoms with Gasteiger partial charge in [0.2, 0.25) is 27.6 Å². The van der Waals surface area contributed by atoms with Crippen molar-refractivity contribution < 1.29 is 22.1 Å². The van der Waals surface area contributed by atoms with Crippen molar-refractivity contribution in [3.63, 3.8) is 0 Å². The van der Waals surface area contributed by atoms with Gasteiger partial charge in [0.1, 0.15) is 5.82 Å². The Hall–Kier alpha value is -3.11. The Morgan fingerprint density at radius 2 is 1.82 bits per heavy atom. The summed E-state index contributed by atoms with van der Waals surface area (Å²) in [5, 5.41) is 3.91. The highest BCUT2D eigenvalue weighted by molar-refractivity contribution is 7.88. The van der Waals surface area contributed by atoms with Crippen LogP contribution in [0.25, 0.3) is 11.4 Å². The Kier molecular flexibility index (Phi) is 6.85. The van der Waals surface area contributed by atoms with E-state index in [0.717, 1.165) is 5.56 Å². The Morgan fingerprint density at radius 1 is 1.09 bits per heavy atom. The quantitative estimate of drug-likeness (QED) is 0.525. The van der Waals surface area contributed by atoms with Gasteiger partial charge in [0.15, 0.2) is 0 Å². The van der Waals surface area contributed by atoms with Crippen LogP contribution in [0.15, 0.2) is 53.1 Å². The lowest BCUT2D eigenvalue weighted by Crippen LogP contribution is -2.50. The Labute approximate surface area is 192 Å². The number of carbonyl (C=O) groups is 1. The number of sulfonamides is 1. The maximum Gasteiger partial charge on any atom is 0.227 e. The van der Waals surface area contributed by atoms with Crippen molar-refractivity contribution in [3.8, 4) is 11.4 Å². The molecule has 0 aliphatic carbocycles. The molecule has 2 aromatic carbocycles. The largest absolute Gasteiger partial charge is 0.340 e. The molecule has 10 heteroatoms. The summed E-state index contributed by atoms with van der Waals surface area (Å²) in [6.45, 7) is 2.89. The van der Waals surface area contributed by atoms with Gasteiger partial charge in [-0.15, -0.1) is 0 Å². The van der Waals surface area contributed by atoms with E-state index in [9.17, 15) is 17.6 Å². The van der Waals surface area contributed by atoms with Gasteiger partial charge in [0.25, 0.3) is 0 Å². The van der Waals surface area contributed by atoms with Crippen molar-refractivity contribution in [3.05, 3.63) is 71.4 Å². The predicted octanol–water partition coefficient (Wildman–Crippen LogP) is 2.79. The van der Waals surface area contributed by atoms with Crippen LogP contribution in [0.4, 0.5) is 4.39 Å². The Balaban J connectivity index is 1.27. The number of halogens is 1. The Morgan fingerprint density at radius 3 is 2.52 bits per heavy atom. The maximum atomic E-state index is 13.5. The molecular weight excluding hydrogens is 447 g/mol. The zero-order valence-electron chi connectivity index (χ0n) is 18.3. The van der Waals surface area contributed by atoms with Crippen molar-refractivity contribution in [2.75, 3.05) is 26.2 Å². The molecule has 8 nitrogen and oxygen atoms in total. The molecule has 1 aliphatic heterocycles. The van der Waals surface area contributed by atoms with E-state index in [1.165, 1.54) is 10.4 Å². The molecule has 0 N–H and O–H groups in total. The molecule has 0 saturated carbocycles. The summed E-state index contributed by atoms with van der Waals surface area (Å²) in [5.41, 5.74) is 1.87. The van der Waals surface area contributed by atoms with Gasteiger partial charge in [0, 0.05) is 44.6 Å². The normalized spacial score (nSPS) is 15.0. The number of nitrogens with zero attached hydrogens (tertiary/aromatic N) is 4. The minimum atomic E-state index is -3.43. The predicted molar refractivity (Wildman–Crippen MR) is 120 cm³/mol. The lowest BCUT2D eigenvalue weighted by molar-refractivity contribution is -0.132. The van der Waals surface area contributed by atoms with E-state index >= 15 is 0 Å². The highest BCUT2D eigenvalue weighted by Crippen LogP contribution is 2.20. The van der Waals surface area contributed by atoms with Gasteiger partial charge < -0.3 is 9.42 Å². The average Bonchev–Trinajstić information content (AvgIpc) is 3.29. The monoisotopic (exact) mass is 472 g/mol. The molecule has 0 radical (unpaired) electrons. The summed E-state index contributed by atoms with van der Waals surface area (Å²) in [4.78, 5) is 18.6. The molecule has 0 bridgehead atoms. The van der Waals surface area contributed by atoms with Crippen LogP contribution in [0.5, 0.6) is 0 Å². The lowest BCUT2D eigenvalue weighted by atomic mass is 10.1. The summed E-state index contributed by atoms with van der Waals surface area (Å²) in [6.07, 6.45) is 0.458. The second kappa shape index (κ2) is 9.80. The molecule has 0 atom stereocenters. The molecule has 1 fully saturated rings. The minimum Gasteiger partial charge on any atom is -0.340 e. The number of benzene rings is 2. The van der Waals surface area contributed by atoms with Crippen LogP contribution in [0.2, 0.25) is 0 Å². The number of rotatable bonds is 7. The fourth-order valence-corrected chi connectivity index (χ4v) is 5.24. The van der Waals surface area contributed by atoms with Crippen LogP contribution in [-0.2, 0) is 27.0 Å². The summed E-state index contributed by atoms with van der Waals surface area (Å²) in [7, 11) is -3.43. The zero-order chi connectivity index (χ0) is 23.4. The van der Waals surface area contributed by atoms with Crippen molar-refractivity contribution in [2.45, 2.75) is 25.5 Å². The van der Waals surface area contributed by atoms with Crippen molar-refractivity contribution >= 4 is 15.9 Å². The Bertz CT molecular complexity index is 1220. The number of piperazine rings is 1. The fraction of sp³-hybridized carbons (Fsp3) is 0.348. The summed E-state index contributed by atoms with van der Waals surface area (Å²) in [5.74, 6) is 0.227. The molecule has 0 unspecified atom stereocenters. The third kappa shape index (κ3) is 5.63. The number of hydrogen-bond acceptors (Lipinski definition) is 6. The van der Waals surface area contributed by atoms with E-state index in [0.29, 0.717) is 35.9 Å². The topological polar surface area (TPSA) is 96.6 Å². The lowest BCUT2D eigenvalue weighted by Gasteiger charge is -2.34. The van der Waals surface area contributed by atoms with E-state index < -0.39 is 10.0 Å². The van der Waals surface area contributed by atoms with Crippen molar-refractivity contribution in [1.29, 1.82) is 0 Å². The van der Waals surface area contributed by atoms with Gasteiger partial charge in [-0.3, -0.25) is 4.79 Å². The molecule has 3 aromatic rings. The highest BCUT2D eigenvalue weighted by Gasteiger charge is 2.29. The van der Waals surface area contributed by atoms with E-state index in [1.807, 2.05) is 18.2 Å². The molecule has 33 heavy (non-hydrogen) atoms. The average molecular weight is 473 g/mol. The fourth-order valence-electron chi connectivity index (χ4n) is 3.72. The van der Waals surface area contributed by atoms with E-state index in [2.05, 4.69) is 10.1 Å². The first kappa shape index (κ1) is 23.1. The van der Waals surface area contributed by atoms with Gasteiger partial charge in [0.05, 0.1) is 5.75 Å². The molecule has 1 aliphatic rings. The summed E-state index contributed by atoms with van der Waals surface area (Å²) < 4.78 is 45.5. The van der Waals surface area contributed by atoms with Crippen LogP contribution < -0.4 is 0 Å². The number of hydrogen-bond donors (Lipinski definition) is 0. The number of aryl methyl sites for hydroxylation is 2. The molecule has 4 rings (SSSR count). The second-order valence-electron chi connectivity index (χ2n) is 8.00. The number of amides is 1. The van der Waals surface area contributed by atoms with E-state index in [4.69, 9.17) is 4.52 Å². The summed E-state index contributed by atoms with van der Waals surface area (Å²) in [6, 6.07) is 13.6. The smallest absolute Gasteiger partial charge is 0.227 e. The van der Waals surface area contributed by atoms with Crippen LogP contribution >= 0.6 is 0 Å². The molecule has 1 amide bonds. The first-order valence-electron chi connectivity index (χ1n) is 10.7. The number of aromatic nitrogens is 2. The van der Waals surface area contributed by atoms with Crippen LogP contribution in [-0.4, -0.2) is 59.8 Å². The highest BCUT2D eigenvalue weighted by atomic mass is 32.2. The molecule has 174 valence electrons. The van der Waals surface area contributed by atoms with E-state index in [1.54, 1.807) is 36.1 Å². The SMILES string of the molecule is Cc1cc(-c2noc(CCC(=O)N3CCN(S(=O)(=O)Cc4ccccc4)CC3)n2)ccc1F.